The molecule has 0 aromatic carbocycles. The van der Waals surface area contributed by atoms with Crippen molar-refractivity contribution in [2.75, 3.05) is 20.3 Å². The van der Waals surface area contributed by atoms with Crippen molar-refractivity contribution >= 4 is 0 Å². The number of ether oxygens (including phenoxy) is 2. The summed E-state index contributed by atoms with van der Waals surface area (Å²) in [6.45, 7) is 6.07. The van der Waals surface area contributed by atoms with Gasteiger partial charge in [-0.1, -0.05) is 13.8 Å². The van der Waals surface area contributed by atoms with Crippen LogP contribution in [-0.4, -0.2) is 32.6 Å². The SMILES string of the molecule is COCC1CCNC(C(C)C)O1. The monoisotopic (exact) mass is 173 g/mol. The van der Waals surface area contributed by atoms with Gasteiger partial charge >= 0.3 is 0 Å². The predicted octanol–water partition coefficient (Wildman–Crippen LogP) is 0.993. The lowest BCUT2D eigenvalue weighted by atomic mass is 10.1. The normalized spacial score (nSPS) is 31.0. The van der Waals surface area contributed by atoms with Gasteiger partial charge < -0.3 is 9.47 Å². The number of methoxy groups -OCH3 is 1. The van der Waals surface area contributed by atoms with Crippen molar-refractivity contribution in [3.63, 3.8) is 0 Å². The van der Waals surface area contributed by atoms with Crippen LogP contribution >= 0.6 is 0 Å². The summed E-state index contributed by atoms with van der Waals surface area (Å²) in [6, 6.07) is 0. The van der Waals surface area contributed by atoms with Crippen LogP contribution in [-0.2, 0) is 9.47 Å². The molecule has 1 saturated heterocycles. The molecular formula is C9H19NO2. The van der Waals surface area contributed by atoms with Crippen molar-refractivity contribution in [3.8, 4) is 0 Å². The molecular weight excluding hydrogens is 154 g/mol. The maximum atomic E-state index is 5.75. The van der Waals surface area contributed by atoms with Crippen LogP contribution in [0.2, 0.25) is 0 Å². The average Bonchev–Trinajstić information content (AvgIpc) is 2.05. The molecule has 0 aromatic heterocycles. The van der Waals surface area contributed by atoms with Gasteiger partial charge in [0, 0.05) is 13.7 Å². The fourth-order valence-electron chi connectivity index (χ4n) is 1.41. The molecule has 2 atom stereocenters. The zero-order valence-electron chi connectivity index (χ0n) is 8.17. The van der Waals surface area contributed by atoms with Crippen LogP contribution in [0.15, 0.2) is 0 Å². The molecule has 0 amide bonds. The average molecular weight is 173 g/mol. The van der Waals surface area contributed by atoms with Gasteiger partial charge in [-0.3, -0.25) is 5.32 Å². The minimum Gasteiger partial charge on any atom is -0.382 e. The minimum atomic E-state index is 0.207. The van der Waals surface area contributed by atoms with Gasteiger partial charge in [0.05, 0.1) is 12.7 Å². The Morgan fingerprint density at radius 1 is 1.58 bits per heavy atom. The minimum absolute atomic E-state index is 0.207. The largest absolute Gasteiger partial charge is 0.382 e. The number of rotatable bonds is 3. The molecule has 3 nitrogen and oxygen atoms in total. The van der Waals surface area contributed by atoms with Gasteiger partial charge in [-0.15, -0.1) is 0 Å². The van der Waals surface area contributed by atoms with Crippen LogP contribution in [0.5, 0.6) is 0 Å². The lowest BCUT2D eigenvalue weighted by Gasteiger charge is -2.33. The van der Waals surface area contributed by atoms with E-state index in [1.807, 2.05) is 0 Å². The van der Waals surface area contributed by atoms with Crippen LogP contribution < -0.4 is 5.32 Å². The van der Waals surface area contributed by atoms with E-state index in [1.165, 1.54) is 0 Å². The summed E-state index contributed by atoms with van der Waals surface area (Å²) < 4.78 is 10.8. The molecule has 12 heavy (non-hydrogen) atoms. The molecule has 0 bridgehead atoms. The Kier molecular flexibility index (Phi) is 3.98. The van der Waals surface area contributed by atoms with Crippen LogP contribution in [0.1, 0.15) is 20.3 Å². The first-order valence-electron chi connectivity index (χ1n) is 4.62. The molecule has 1 N–H and O–H groups in total. The lowest BCUT2D eigenvalue weighted by molar-refractivity contribution is -0.105. The first-order chi connectivity index (χ1) is 5.74. The maximum Gasteiger partial charge on any atom is 0.110 e. The Hall–Kier alpha value is -0.120. The molecule has 1 heterocycles. The maximum absolute atomic E-state index is 5.75. The van der Waals surface area contributed by atoms with Gasteiger partial charge in [0.15, 0.2) is 0 Å². The van der Waals surface area contributed by atoms with Crippen molar-refractivity contribution in [3.05, 3.63) is 0 Å². The summed E-state index contributed by atoms with van der Waals surface area (Å²) in [5.41, 5.74) is 0. The van der Waals surface area contributed by atoms with Gasteiger partial charge in [-0.2, -0.15) is 0 Å². The molecule has 3 heteroatoms. The summed E-state index contributed by atoms with van der Waals surface area (Å²) in [5, 5.41) is 3.33. The first-order valence-corrected chi connectivity index (χ1v) is 4.62. The third-order valence-electron chi connectivity index (χ3n) is 2.11. The summed E-state index contributed by atoms with van der Waals surface area (Å²) in [4.78, 5) is 0. The number of hydrogen-bond acceptors (Lipinski definition) is 3. The van der Waals surface area contributed by atoms with Gasteiger partial charge in [-0.05, 0) is 12.3 Å². The molecule has 1 aliphatic heterocycles. The molecule has 0 saturated carbocycles. The molecule has 72 valence electrons. The predicted molar refractivity (Wildman–Crippen MR) is 48.0 cm³/mol. The molecule has 0 aliphatic carbocycles. The molecule has 0 aromatic rings. The molecule has 2 unspecified atom stereocenters. The first kappa shape index (κ1) is 9.96. The Morgan fingerprint density at radius 3 is 2.92 bits per heavy atom. The van der Waals surface area contributed by atoms with Crippen LogP contribution in [0, 0.1) is 5.92 Å². The van der Waals surface area contributed by atoms with E-state index in [9.17, 15) is 0 Å². The highest BCUT2D eigenvalue weighted by molar-refractivity contribution is 4.71. The van der Waals surface area contributed by atoms with Crippen LogP contribution in [0.25, 0.3) is 0 Å². The zero-order valence-corrected chi connectivity index (χ0v) is 8.17. The van der Waals surface area contributed by atoms with E-state index < -0.39 is 0 Å². The number of nitrogens with one attached hydrogen (secondary N) is 1. The number of hydrogen-bond donors (Lipinski definition) is 1. The Balaban J connectivity index is 2.30. The summed E-state index contributed by atoms with van der Waals surface area (Å²) in [6.07, 6.45) is 1.54. The highest BCUT2D eigenvalue weighted by Crippen LogP contribution is 2.13. The van der Waals surface area contributed by atoms with E-state index in [2.05, 4.69) is 19.2 Å². The van der Waals surface area contributed by atoms with Gasteiger partial charge in [-0.25, -0.2) is 0 Å². The quantitative estimate of drug-likeness (QED) is 0.690. The molecule has 0 spiro atoms. The summed E-state index contributed by atoms with van der Waals surface area (Å²) >= 11 is 0. The van der Waals surface area contributed by atoms with E-state index >= 15 is 0 Å². The van der Waals surface area contributed by atoms with E-state index in [1.54, 1.807) is 7.11 Å². The zero-order chi connectivity index (χ0) is 8.97. The van der Waals surface area contributed by atoms with Crippen LogP contribution in [0.3, 0.4) is 0 Å². The van der Waals surface area contributed by atoms with Crippen molar-refractivity contribution < 1.29 is 9.47 Å². The molecule has 1 aliphatic rings. The fourth-order valence-corrected chi connectivity index (χ4v) is 1.41. The second kappa shape index (κ2) is 4.80. The topological polar surface area (TPSA) is 30.5 Å². The van der Waals surface area contributed by atoms with Crippen molar-refractivity contribution in [2.24, 2.45) is 5.92 Å². The standard InChI is InChI=1S/C9H19NO2/c1-7(2)9-10-5-4-8(12-9)6-11-3/h7-10H,4-6H2,1-3H3. The molecule has 0 radical (unpaired) electrons. The van der Waals surface area contributed by atoms with Crippen molar-refractivity contribution in [1.29, 1.82) is 0 Å². The molecule has 1 rings (SSSR count). The van der Waals surface area contributed by atoms with E-state index in [0.717, 1.165) is 13.0 Å². The lowest BCUT2D eigenvalue weighted by Crippen LogP contribution is -2.46. The highest BCUT2D eigenvalue weighted by atomic mass is 16.5. The summed E-state index contributed by atoms with van der Waals surface area (Å²) in [7, 11) is 1.72. The smallest absolute Gasteiger partial charge is 0.110 e. The second-order valence-electron chi connectivity index (χ2n) is 3.62. The third kappa shape index (κ3) is 2.73. The highest BCUT2D eigenvalue weighted by Gasteiger charge is 2.23. The van der Waals surface area contributed by atoms with Crippen molar-refractivity contribution in [2.45, 2.75) is 32.6 Å². The molecule has 1 fully saturated rings. The summed E-state index contributed by atoms with van der Waals surface area (Å²) in [5.74, 6) is 0.532. The van der Waals surface area contributed by atoms with E-state index in [4.69, 9.17) is 9.47 Å². The van der Waals surface area contributed by atoms with Crippen molar-refractivity contribution in [1.82, 2.24) is 5.32 Å². The Morgan fingerprint density at radius 2 is 2.33 bits per heavy atom. The van der Waals surface area contributed by atoms with Gasteiger partial charge in [0.25, 0.3) is 0 Å². The van der Waals surface area contributed by atoms with Gasteiger partial charge in [0.2, 0.25) is 0 Å². The van der Waals surface area contributed by atoms with Gasteiger partial charge in [0.1, 0.15) is 6.23 Å². The van der Waals surface area contributed by atoms with E-state index in [-0.39, 0.29) is 12.3 Å². The second-order valence-corrected chi connectivity index (χ2v) is 3.62. The third-order valence-corrected chi connectivity index (χ3v) is 2.11. The van der Waals surface area contributed by atoms with E-state index in [0.29, 0.717) is 12.5 Å². The Bertz CT molecular complexity index is 126. The fraction of sp³-hybridized carbons (Fsp3) is 1.00. The Labute approximate surface area is 74.4 Å². The van der Waals surface area contributed by atoms with Crippen LogP contribution in [0.4, 0.5) is 0 Å².